The molecule has 0 saturated heterocycles. The topological polar surface area (TPSA) is 144 Å². The van der Waals surface area contributed by atoms with E-state index in [1.807, 2.05) is 30.3 Å². The number of aromatic nitrogens is 2. The van der Waals surface area contributed by atoms with Crippen LogP contribution in [-0.2, 0) is 20.0 Å². The highest BCUT2D eigenvalue weighted by Crippen LogP contribution is 2.33. The molecule has 0 unspecified atom stereocenters. The van der Waals surface area contributed by atoms with E-state index in [0.717, 1.165) is 10.8 Å². The van der Waals surface area contributed by atoms with Gasteiger partial charge in [0, 0.05) is 27.6 Å². The zero-order valence-electron chi connectivity index (χ0n) is 20.3. The predicted molar refractivity (Wildman–Crippen MR) is 141 cm³/mol. The van der Waals surface area contributed by atoms with Crippen LogP contribution in [0.5, 0.6) is 0 Å². The number of primary sulfonamides is 1. The summed E-state index contributed by atoms with van der Waals surface area (Å²) in [6, 6.07) is 18.7. The first kappa shape index (κ1) is 25.7. The lowest BCUT2D eigenvalue weighted by molar-refractivity contribution is 0.491. The van der Waals surface area contributed by atoms with Crippen molar-refractivity contribution in [1.82, 2.24) is 14.9 Å². The second kappa shape index (κ2) is 9.25. The maximum Gasteiger partial charge on any atom is 0.241 e. The van der Waals surface area contributed by atoms with Gasteiger partial charge in [0.05, 0.1) is 9.79 Å². The average Bonchev–Trinajstić information content (AvgIpc) is 2.78. The number of fused-ring (bicyclic) bond motifs is 1. The van der Waals surface area contributed by atoms with Crippen LogP contribution in [0.25, 0.3) is 22.0 Å². The van der Waals surface area contributed by atoms with Crippen molar-refractivity contribution in [1.29, 1.82) is 0 Å². The van der Waals surface area contributed by atoms with Crippen molar-refractivity contribution in [2.24, 2.45) is 5.14 Å². The molecule has 36 heavy (non-hydrogen) atoms. The molecular formula is C25H27N5O4S2. The Bertz CT molecular complexity index is 1660. The van der Waals surface area contributed by atoms with Crippen molar-refractivity contribution in [3.8, 4) is 11.3 Å². The SMILES string of the molecule is Cc1ccc(-c2nnc(Nc3ccc(S(N)(=O)=O)cc3)c3ccccc23)cc1S(=O)(=O)NC(C)(C)C. The Labute approximate surface area is 210 Å². The van der Waals surface area contributed by atoms with E-state index in [0.29, 0.717) is 28.3 Å². The van der Waals surface area contributed by atoms with Crippen LogP contribution < -0.4 is 15.2 Å². The third kappa shape index (κ3) is 5.54. The van der Waals surface area contributed by atoms with E-state index in [4.69, 9.17) is 5.14 Å². The van der Waals surface area contributed by atoms with Gasteiger partial charge in [0.1, 0.15) is 5.69 Å². The van der Waals surface area contributed by atoms with Gasteiger partial charge in [0.15, 0.2) is 5.82 Å². The minimum absolute atomic E-state index is 0.00502. The van der Waals surface area contributed by atoms with Crippen molar-refractivity contribution in [3.63, 3.8) is 0 Å². The Balaban J connectivity index is 1.77. The van der Waals surface area contributed by atoms with E-state index in [1.54, 1.807) is 52.0 Å². The quantitative estimate of drug-likeness (QED) is 0.344. The van der Waals surface area contributed by atoms with Crippen LogP contribution in [0.4, 0.5) is 11.5 Å². The molecular weight excluding hydrogens is 498 g/mol. The van der Waals surface area contributed by atoms with E-state index in [2.05, 4.69) is 20.2 Å². The lowest BCUT2D eigenvalue weighted by atomic mass is 10.0. The summed E-state index contributed by atoms with van der Waals surface area (Å²) in [7, 11) is -7.55. The van der Waals surface area contributed by atoms with Crippen LogP contribution in [0.2, 0.25) is 0 Å². The summed E-state index contributed by atoms with van der Waals surface area (Å²) in [5.41, 5.74) is 1.74. The van der Waals surface area contributed by atoms with Gasteiger partial charge in [-0.25, -0.2) is 26.7 Å². The summed E-state index contributed by atoms with van der Waals surface area (Å²) < 4.78 is 51.8. The molecule has 0 atom stereocenters. The summed E-state index contributed by atoms with van der Waals surface area (Å²) >= 11 is 0. The number of benzene rings is 3. The number of hydrogen-bond donors (Lipinski definition) is 3. The van der Waals surface area contributed by atoms with Crippen molar-refractivity contribution >= 4 is 42.3 Å². The number of nitrogens with zero attached hydrogens (tertiary/aromatic N) is 2. The lowest BCUT2D eigenvalue weighted by Crippen LogP contribution is -2.40. The van der Waals surface area contributed by atoms with Gasteiger partial charge in [0.2, 0.25) is 20.0 Å². The Morgan fingerprint density at radius 3 is 2.08 bits per heavy atom. The number of rotatable bonds is 6. The van der Waals surface area contributed by atoms with Gasteiger partial charge >= 0.3 is 0 Å². The van der Waals surface area contributed by atoms with Crippen molar-refractivity contribution in [2.45, 2.75) is 43.0 Å². The molecule has 0 aliphatic heterocycles. The number of aryl methyl sites for hydroxylation is 1. The molecule has 1 aromatic heterocycles. The normalized spacial score (nSPS) is 12.6. The monoisotopic (exact) mass is 525 g/mol. The van der Waals surface area contributed by atoms with Gasteiger partial charge in [-0.15, -0.1) is 10.2 Å². The smallest absolute Gasteiger partial charge is 0.241 e. The van der Waals surface area contributed by atoms with Crippen molar-refractivity contribution in [3.05, 3.63) is 72.3 Å². The molecule has 0 bridgehead atoms. The summed E-state index contributed by atoms with van der Waals surface area (Å²) in [6.07, 6.45) is 0. The molecule has 4 rings (SSSR count). The van der Waals surface area contributed by atoms with Crippen LogP contribution in [0.15, 0.2) is 76.5 Å². The molecule has 0 amide bonds. The van der Waals surface area contributed by atoms with Gasteiger partial charge in [-0.3, -0.25) is 0 Å². The molecule has 4 aromatic rings. The first-order valence-corrected chi connectivity index (χ1v) is 14.1. The van der Waals surface area contributed by atoms with Gasteiger partial charge in [-0.05, 0) is 63.6 Å². The average molecular weight is 526 g/mol. The zero-order chi connectivity index (χ0) is 26.3. The first-order valence-electron chi connectivity index (χ1n) is 11.0. The molecule has 0 spiro atoms. The van der Waals surface area contributed by atoms with Crippen LogP contribution >= 0.6 is 0 Å². The molecule has 0 saturated carbocycles. The number of nitrogens with one attached hydrogen (secondary N) is 2. The second-order valence-electron chi connectivity index (χ2n) is 9.47. The fourth-order valence-electron chi connectivity index (χ4n) is 3.77. The first-order chi connectivity index (χ1) is 16.7. The van der Waals surface area contributed by atoms with Crippen LogP contribution in [0.3, 0.4) is 0 Å². The fraction of sp³-hybridized carbons (Fsp3) is 0.200. The Hall–Kier alpha value is -3.38. The second-order valence-corrected chi connectivity index (χ2v) is 12.7. The van der Waals surface area contributed by atoms with Gasteiger partial charge in [-0.1, -0.05) is 36.4 Å². The van der Waals surface area contributed by atoms with E-state index in [1.165, 1.54) is 12.1 Å². The maximum absolute atomic E-state index is 13.1. The fourth-order valence-corrected chi connectivity index (χ4v) is 5.97. The zero-order valence-corrected chi connectivity index (χ0v) is 21.9. The molecule has 0 aliphatic rings. The van der Waals surface area contributed by atoms with E-state index in [-0.39, 0.29) is 9.79 Å². The van der Waals surface area contributed by atoms with Crippen molar-refractivity contribution < 1.29 is 16.8 Å². The highest BCUT2D eigenvalue weighted by molar-refractivity contribution is 7.89. The molecule has 1 heterocycles. The molecule has 0 aliphatic carbocycles. The number of sulfonamides is 2. The molecule has 0 fully saturated rings. The Kier molecular flexibility index (Phi) is 6.60. The van der Waals surface area contributed by atoms with Gasteiger partial charge < -0.3 is 5.32 Å². The third-order valence-electron chi connectivity index (χ3n) is 5.32. The van der Waals surface area contributed by atoms with Gasteiger partial charge in [-0.2, -0.15) is 0 Å². The number of hydrogen-bond acceptors (Lipinski definition) is 7. The largest absolute Gasteiger partial charge is 0.338 e. The summed E-state index contributed by atoms with van der Waals surface area (Å²) in [6.45, 7) is 7.11. The highest BCUT2D eigenvalue weighted by atomic mass is 32.2. The molecule has 3 aromatic carbocycles. The Morgan fingerprint density at radius 1 is 0.833 bits per heavy atom. The Morgan fingerprint density at radius 2 is 1.47 bits per heavy atom. The van der Waals surface area contributed by atoms with Crippen LogP contribution in [0, 0.1) is 6.92 Å². The maximum atomic E-state index is 13.1. The molecule has 11 heteroatoms. The van der Waals surface area contributed by atoms with Crippen LogP contribution in [0.1, 0.15) is 26.3 Å². The standard InChI is InChI=1S/C25H27N5O4S2/c1-16-9-10-17(15-22(16)36(33,34)30-25(2,3)4)23-20-7-5-6-8-21(20)24(29-28-23)27-18-11-13-19(14-12-18)35(26,31)32/h5-15,30H,1-4H3,(H,27,29)(H2,26,31,32). The lowest BCUT2D eigenvalue weighted by Gasteiger charge is -2.21. The van der Waals surface area contributed by atoms with Crippen molar-refractivity contribution in [2.75, 3.05) is 5.32 Å². The van der Waals surface area contributed by atoms with Crippen LogP contribution in [-0.4, -0.2) is 32.6 Å². The minimum Gasteiger partial charge on any atom is -0.338 e. The predicted octanol–water partition coefficient (Wildman–Crippen LogP) is 4.07. The highest BCUT2D eigenvalue weighted by Gasteiger charge is 2.24. The molecule has 0 radical (unpaired) electrons. The minimum atomic E-state index is -3.79. The van der Waals surface area contributed by atoms with Gasteiger partial charge in [0.25, 0.3) is 0 Å². The summed E-state index contributed by atoms with van der Waals surface area (Å²) in [4.78, 5) is 0.184. The molecule has 4 N–H and O–H groups in total. The molecule has 9 nitrogen and oxygen atoms in total. The van der Waals surface area contributed by atoms with E-state index < -0.39 is 25.6 Å². The van der Waals surface area contributed by atoms with E-state index >= 15 is 0 Å². The number of nitrogens with two attached hydrogens (primary N) is 1. The summed E-state index contributed by atoms with van der Waals surface area (Å²) in [5.74, 6) is 0.465. The molecule has 188 valence electrons. The third-order valence-corrected chi connectivity index (χ3v) is 8.15. The van der Waals surface area contributed by atoms with E-state index in [9.17, 15) is 16.8 Å². The summed E-state index contributed by atoms with van der Waals surface area (Å²) in [5, 5.41) is 18.6. The number of anilines is 2.